The van der Waals surface area contributed by atoms with Crippen molar-refractivity contribution in [2.24, 2.45) is 5.92 Å². The molecule has 0 N–H and O–H groups in total. The van der Waals surface area contributed by atoms with Crippen LogP contribution in [0.15, 0.2) is 54.6 Å². The molecule has 1 aliphatic rings. The van der Waals surface area contributed by atoms with E-state index < -0.39 is 0 Å². The lowest BCUT2D eigenvalue weighted by Gasteiger charge is -2.25. The van der Waals surface area contributed by atoms with Crippen LogP contribution in [0.4, 0.5) is 0 Å². The Morgan fingerprint density at radius 3 is 2.81 bits per heavy atom. The maximum atomic E-state index is 13.3. The van der Waals surface area contributed by atoms with Crippen molar-refractivity contribution in [3.63, 3.8) is 0 Å². The number of hydrogen-bond acceptors (Lipinski definition) is 3. The standard InChI is InChI=1S/C23H24N2O2/c1-16(2)14-25(15-19-11-10-17-6-3-4-9-21(17)24-19)23(26)20-8-5-7-18-12-13-27-22(18)20/h3-11,16H,12-15H2,1-2H3. The molecule has 0 saturated heterocycles. The third kappa shape index (κ3) is 3.65. The summed E-state index contributed by atoms with van der Waals surface area (Å²) in [5.41, 5.74) is 3.63. The van der Waals surface area contributed by atoms with Gasteiger partial charge in [0, 0.05) is 18.4 Å². The molecule has 4 rings (SSSR count). The Balaban J connectivity index is 1.64. The molecule has 27 heavy (non-hydrogen) atoms. The molecule has 2 heterocycles. The van der Waals surface area contributed by atoms with Gasteiger partial charge < -0.3 is 9.64 Å². The molecule has 1 amide bonds. The van der Waals surface area contributed by atoms with E-state index in [-0.39, 0.29) is 5.91 Å². The highest BCUT2D eigenvalue weighted by Gasteiger charge is 2.25. The summed E-state index contributed by atoms with van der Waals surface area (Å²) in [4.78, 5) is 20.0. The fraction of sp³-hybridized carbons (Fsp3) is 0.304. The van der Waals surface area contributed by atoms with Crippen molar-refractivity contribution in [3.05, 3.63) is 71.4 Å². The van der Waals surface area contributed by atoms with Gasteiger partial charge in [0.25, 0.3) is 5.91 Å². The second kappa shape index (κ2) is 7.39. The largest absolute Gasteiger partial charge is 0.492 e. The number of amides is 1. The molecular formula is C23H24N2O2. The van der Waals surface area contributed by atoms with Crippen LogP contribution >= 0.6 is 0 Å². The number of nitrogens with zero attached hydrogens (tertiary/aromatic N) is 2. The summed E-state index contributed by atoms with van der Waals surface area (Å²) in [5.74, 6) is 1.13. The molecule has 1 aliphatic heterocycles. The number of aromatic nitrogens is 1. The third-order valence-corrected chi connectivity index (χ3v) is 4.83. The highest BCUT2D eigenvalue weighted by atomic mass is 16.5. The van der Waals surface area contributed by atoms with Crippen LogP contribution in [0.3, 0.4) is 0 Å². The van der Waals surface area contributed by atoms with Crippen LogP contribution in [0.5, 0.6) is 5.75 Å². The van der Waals surface area contributed by atoms with E-state index in [1.807, 2.05) is 53.4 Å². The van der Waals surface area contributed by atoms with E-state index in [4.69, 9.17) is 9.72 Å². The minimum Gasteiger partial charge on any atom is -0.492 e. The predicted octanol–water partition coefficient (Wildman–Crippen LogP) is 4.47. The molecular weight excluding hydrogens is 336 g/mol. The summed E-state index contributed by atoms with van der Waals surface area (Å²) < 4.78 is 5.75. The maximum Gasteiger partial charge on any atom is 0.257 e. The Bertz CT molecular complexity index is 981. The van der Waals surface area contributed by atoms with E-state index >= 15 is 0 Å². The molecule has 2 aromatic carbocycles. The zero-order valence-corrected chi connectivity index (χ0v) is 15.8. The minimum absolute atomic E-state index is 0.0115. The number of carbonyl (C=O) groups excluding carboxylic acids is 1. The van der Waals surface area contributed by atoms with E-state index in [1.165, 1.54) is 0 Å². The molecule has 4 nitrogen and oxygen atoms in total. The summed E-state index contributed by atoms with van der Waals surface area (Å²) in [6.45, 7) is 6.07. The smallest absolute Gasteiger partial charge is 0.257 e. The normalized spacial score (nSPS) is 12.9. The fourth-order valence-corrected chi connectivity index (χ4v) is 3.61. The van der Waals surface area contributed by atoms with Gasteiger partial charge in [0.2, 0.25) is 0 Å². The Morgan fingerprint density at radius 2 is 1.96 bits per heavy atom. The average Bonchev–Trinajstić information content (AvgIpc) is 3.15. The molecule has 0 fully saturated rings. The zero-order valence-electron chi connectivity index (χ0n) is 15.8. The first-order valence-corrected chi connectivity index (χ1v) is 9.50. The fourth-order valence-electron chi connectivity index (χ4n) is 3.61. The van der Waals surface area contributed by atoms with Crippen molar-refractivity contribution in [3.8, 4) is 5.75 Å². The zero-order chi connectivity index (χ0) is 18.8. The second-order valence-corrected chi connectivity index (χ2v) is 7.47. The summed E-state index contributed by atoms with van der Waals surface area (Å²) >= 11 is 0. The molecule has 138 valence electrons. The van der Waals surface area contributed by atoms with E-state index in [0.717, 1.165) is 34.3 Å². The van der Waals surface area contributed by atoms with Crippen molar-refractivity contribution in [2.45, 2.75) is 26.8 Å². The summed E-state index contributed by atoms with van der Waals surface area (Å²) in [7, 11) is 0. The van der Waals surface area contributed by atoms with E-state index in [1.54, 1.807) is 0 Å². The van der Waals surface area contributed by atoms with Gasteiger partial charge in [-0.15, -0.1) is 0 Å². The number of rotatable bonds is 5. The van der Waals surface area contributed by atoms with Crippen LogP contribution < -0.4 is 4.74 Å². The Kier molecular flexibility index (Phi) is 4.80. The molecule has 0 radical (unpaired) electrons. The first-order valence-electron chi connectivity index (χ1n) is 9.50. The summed E-state index contributed by atoms with van der Waals surface area (Å²) in [6, 6.07) is 18.0. The average molecular weight is 360 g/mol. The minimum atomic E-state index is 0.0115. The molecule has 1 aromatic heterocycles. The SMILES string of the molecule is CC(C)CN(Cc1ccc2ccccc2n1)C(=O)c1cccc2c1OCC2. The van der Waals surface area contributed by atoms with Crippen LogP contribution in [0, 0.1) is 5.92 Å². The van der Waals surface area contributed by atoms with E-state index in [2.05, 4.69) is 19.9 Å². The lowest BCUT2D eigenvalue weighted by Crippen LogP contribution is -2.34. The first-order chi connectivity index (χ1) is 13.1. The lowest BCUT2D eigenvalue weighted by molar-refractivity contribution is 0.0717. The monoisotopic (exact) mass is 360 g/mol. The number of pyridine rings is 1. The van der Waals surface area contributed by atoms with Crippen LogP contribution in [-0.2, 0) is 13.0 Å². The van der Waals surface area contributed by atoms with Crippen molar-refractivity contribution >= 4 is 16.8 Å². The van der Waals surface area contributed by atoms with Crippen LogP contribution in [-0.4, -0.2) is 28.9 Å². The van der Waals surface area contributed by atoms with Crippen molar-refractivity contribution in [1.29, 1.82) is 0 Å². The number of ether oxygens (including phenoxy) is 1. The van der Waals surface area contributed by atoms with Crippen molar-refractivity contribution in [1.82, 2.24) is 9.88 Å². The number of para-hydroxylation sites is 2. The van der Waals surface area contributed by atoms with Gasteiger partial charge in [-0.25, -0.2) is 0 Å². The summed E-state index contributed by atoms with van der Waals surface area (Å²) in [5, 5.41) is 1.11. The van der Waals surface area contributed by atoms with Gasteiger partial charge in [-0.3, -0.25) is 9.78 Å². The highest BCUT2D eigenvalue weighted by molar-refractivity contribution is 5.97. The van der Waals surface area contributed by atoms with Crippen LogP contribution in [0.1, 0.15) is 35.5 Å². The van der Waals surface area contributed by atoms with E-state index in [0.29, 0.717) is 31.2 Å². The molecule has 0 spiro atoms. The molecule has 0 aliphatic carbocycles. The van der Waals surface area contributed by atoms with Gasteiger partial charge in [-0.2, -0.15) is 0 Å². The number of hydrogen-bond donors (Lipinski definition) is 0. The van der Waals surface area contributed by atoms with Crippen molar-refractivity contribution in [2.75, 3.05) is 13.2 Å². The Hall–Kier alpha value is -2.88. The molecule has 4 heteroatoms. The maximum absolute atomic E-state index is 13.3. The van der Waals surface area contributed by atoms with Gasteiger partial charge >= 0.3 is 0 Å². The Morgan fingerprint density at radius 1 is 1.11 bits per heavy atom. The Labute approximate surface area is 159 Å². The second-order valence-electron chi connectivity index (χ2n) is 7.47. The number of fused-ring (bicyclic) bond motifs is 2. The first kappa shape index (κ1) is 17.5. The molecule has 0 atom stereocenters. The van der Waals surface area contributed by atoms with Crippen molar-refractivity contribution < 1.29 is 9.53 Å². The molecule has 0 bridgehead atoms. The number of carbonyl (C=O) groups is 1. The highest BCUT2D eigenvalue weighted by Crippen LogP contribution is 2.30. The molecule has 0 saturated carbocycles. The van der Waals surface area contributed by atoms with E-state index in [9.17, 15) is 4.79 Å². The molecule has 3 aromatic rings. The van der Waals surface area contributed by atoms with Gasteiger partial charge in [0.15, 0.2) is 0 Å². The third-order valence-electron chi connectivity index (χ3n) is 4.83. The van der Waals surface area contributed by atoms with Gasteiger partial charge in [-0.05, 0) is 29.7 Å². The number of benzene rings is 2. The quantitative estimate of drug-likeness (QED) is 0.674. The lowest BCUT2D eigenvalue weighted by atomic mass is 10.1. The topological polar surface area (TPSA) is 42.4 Å². The molecule has 0 unspecified atom stereocenters. The van der Waals surface area contributed by atoms with Crippen LogP contribution in [0.25, 0.3) is 10.9 Å². The summed E-state index contributed by atoms with van der Waals surface area (Å²) in [6.07, 6.45) is 0.868. The van der Waals surface area contributed by atoms with Crippen LogP contribution in [0.2, 0.25) is 0 Å². The predicted molar refractivity (Wildman–Crippen MR) is 107 cm³/mol. The van der Waals surface area contributed by atoms with Gasteiger partial charge in [-0.1, -0.05) is 50.2 Å². The van der Waals surface area contributed by atoms with Gasteiger partial charge in [0.1, 0.15) is 5.75 Å². The van der Waals surface area contributed by atoms with Gasteiger partial charge in [0.05, 0.1) is 29.9 Å².